The van der Waals surface area contributed by atoms with Gasteiger partial charge in [0.25, 0.3) is 0 Å². The Kier molecular flexibility index (Phi) is 6.31. The lowest BCUT2D eigenvalue weighted by molar-refractivity contribution is -0.266. The van der Waals surface area contributed by atoms with Crippen LogP contribution in [0.25, 0.3) is 0 Å². The molecule has 0 aromatic heterocycles. The molecule has 1 heterocycles. The Morgan fingerprint density at radius 2 is 1.92 bits per heavy atom. The number of allylic oxidation sites excluding steroid dienone is 4. The number of hydrogen-bond acceptors (Lipinski definition) is 6. The van der Waals surface area contributed by atoms with E-state index in [2.05, 4.69) is 0 Å². The van der Waals surface area contributed by atoms with Gasteiger partial charge >= 0.3 is 0 Å². The molecule has 0 bridgehead atoms. The third-order valence-corrected chi connectivity index (χ3v) is 11.3. The van der Waals surface area contributed by atoms with E-state index in [1.54, 1.807) is 12.0 Å². The van der Waals surface area contributed by atoms with Gasteiger partial charge in [-0.1, -0.05) is 54.6 Å². The van der Waals surface area contributed by atoms with Crippen LogP contribution >= 0.6 is 11.8 Å². The van der Waals surface area contributed by atoms with Crippen molar-refractivity contribution in [2.45, 2.75) is 70.1 Å². The Morgan fingerprint density at radius 1 is 1.21 bits per heavy atom. The van der Waals surface area contributed by atoms with E-state index in [4.69, 9.17) is 4.84 Å². The van der Waals surface area contributed by atoms with Crippen molar-refractivity contribution >= 4 is 22.7 Å². The van der Waals surface area contributed by atoms with Gasteiger partial charge in [0.1, 0.15) is 12.2 Å². The molecule has 1 aromatic carbocycles. The van der Waals surface area contributed by atoms with Crippen LogP contribution in [-0.2, 0) is 21.0 Å². The second-order valence-electron chi connectivity index (χ2n) is 12.5. The fraction of sp³-hybridized carbons (Fsp3) is 0.600. The maximum Gasteiger partial charge on any atom is 0.226 e. The molecule has 0 amide bonds. The average Bonchev–Trinajstić information content (AvgIpc) is 3.36. The quantitative estimate of drug-likeness (QED) is 0.545. The van der Waals surface area contributed by atoms with Crippen LogP contribution in [0.3, 0.4) is 0 Å². The number of aryl methyl sites for hydroxylation is 1. The second-order valence-corrected chi connectivity index (χ2v) is 13.3. The number of thioether (sulfide) groups is 1. The first-order valence-corrected chi connectivity index (χ1v) is 14.6. The highest BCUT2D eigenvalue weighted by Gasteiger charge is 2.79. The van der Waals surface area contributed by atoms with Crippen molar-refractivity contribution in [2.24, 2.45) is 28.6 Å². The molecule has 5 aliphatic rings. The molecule has 39 heavy (non-hydrogen) atoms. The van der Waals surface area contributed by atoms with E-state index in [1.165, 1.54) is 18.2 Å². The smallest absolute Gasteiger partial charge is 0.226 e. The predicted octanol–water partition coefficient (Wildman–Crippen LogP) is 5.21. The zero-order valence-electron chi connectivity index (χ0n) is 22.3. The molecule has 0 spiro atoms. The number of alkyl halides is 3. The first kappa shape index (κ1) is 27.2. The first-order valence-electron chi connectivity index (χ1n) is 13.6. The maximum absolute atomic E-state index is 17.5. The van der Waals surface area contributed by atoms with Crippen molar-refractivity contribution in [1.29, 1.82) is 0 Å². The zero-order chi connectivity index (χ0) is 28.0. The van der Waals surface area contributed by atoms with Gasteiger partial charge in [0, 0.05) is 35.8 Å². The number of fused-ring (bicyclic) bond motifs is 7. The first-order chi connectivity index (χ1) is 18.4. The number of hydroxylamine groups is 2. The number of hydrogen-bond donors (Lipinski definition) is 1. The second kappa shape index (κ2) is 9.03. The molecule has 4 fully saturated rings. The Morgan fingerprint density at radius 3 is 2.62 bits per heavy atom. The molecule has 210 valence electrons. The molecule has 5 nitrogen and oxygen atoms in total. The predicted molar refractivity (Wildman–Crippen MR) is 141 cm³/mol. The molecular formula is C30H34F3NO4S. The van der Waals surface area contributed by atoms with Crippen molar-refractivity contribution < 1.29 is 32.7 Å². The van der Waals surface area contributed by atoms with E-state index in [1.807, 2.05) is 38.1 Å². The van der Waals surface area contributed by atoms with Crippen LogP contribution < -0.4 is 0 Å². The topological polar surface area (TPSA) is 66.8 Å². The van der Waals surface area contributed by atoms with Crippen molar-refractivity contribution in [1.82, 2.24) is 5.06 Å². The van der Waals surface area contributed by atoms with Crippen LogP contribution in [0.2, 0.25) is 0 Å². The minimum atomic E-state index is -2.24. The number of carbonyl (C=O) groups excluding carboxylic acids is 2. The molecular weight excluding hydrogens is 527 g/mol. The SMILES string of the molecule is Cc1ccc(CN2C[C@@H]3C[C@H]4[C@@H]5C[C@H](F)C6=CC(=O)C=C[C@]6(C)[C@@]5(F)[C@@H](O)C[C@]4(C)[C@]3(C(=O)SCF)O2)cc1. The normalized spacial score (nSPS) is 44.8. The van der Waals surface area contributed by atoms with E-state index in [0.717, 1.165) is 11.1 Å². The molecule has 1 aliphatic heterocycles. The molecule has 9 atom stereocenters. The number of ketones is 1. The van der Waals surface area contributed by atoms with E-state index in [-0.39, 0.29) is 24.3 Å². The highest BCUT2D eigenvalue weighted by molar-refractivity contribution is 8.13. The van der Waals surface area contributed by atoms with Gasteiger partial charge in [-0.3, -0.25) is 14.4 Å². The molecule has 1 saturated heterocycles. The van der Waals surface area contributed by atoms with Gasteiger partial charge in [0.2, 0.25) is 5.12 Å². The van der Waals surface area contributed by atoms with Crippen LogP contribution in [0.15, 0.2) is 48.1 Å². The van der Waals surface area contributed by atoms with Crippen molar-refractivity contribution in [2.75, 3.05) is 12.6 Å². The van der Waals surface area contributed by atoms with Crippen LogP contribution in [-0.4, -0.2) is 57.2 Å². The molecule has 0 unspecified atom stereocenters. The monoisotopic (exact) mass is 561 g/mol. The number of aliphatic hydroxyl groups is 1. The number of aliphatic hydroxyl groups excluding tert-OH is 1. The molecule has 9 heteroatoms. The Balaban J connectivity index is 1.40. The summed E-state index contributed by atoms with van der Waals surface area (Å²) in [6.45, 7) is 6.19. The van der Waals surface area contributed by atoms with Gasteiger partial charge in [-0.15, -0.1) is 0 Å². The standard InChI is InChI=1S/C30H34F3NO4S/c1-17-4-6-18(7-5-17)14-34-15-19-10-21-22-12-24(32)23-11-20(35)8-9-27(23,2)29(22,33)25(36)13-28(21,3)30(19,38-34)26(37)39-16-31/h4-9,11,19,21-22,24-25,36H,10,12-16H2,1-3H3/t19-,21-,22-,24-,25-,27-,28-,29-,30-/m0/s1. The number of benzene rings is 1. The lowest BCUT2D eigenvalue weighted by Crippen LogP contribution is -2.70. The van der Waals surface area contributed by atoms with Crippen LogP contribution in [0, 0.1) is 35.5 Å². The lowest BCUT2D eigenvalue weighted by atomic mass is 9.44. The Hall–Kier alpha value is -1.94. The summed E-state index contributed by atoms with van der Waals surface area (Å²) in [6.07, 6.45) is 0.823. The van der Waals surface area contributed by atoms with Gasteiger partial charge in [-0.25, -0.2) is 13.2 Å². The van der Waals surface area contributed by atoms with Crippen molar-refractivity contribution in [3.05, 3.63) is 59.2 Å². The third-order valence-electron chi connectivity index (χ3n) is 10.6. The van der Waals surface area contributed by atoms with Crippen molar-refractivity contribution in [3.8, 4) is 0 Å². The molecule has 6 rings (SSSR count). The largest absolute Gasteiger partial charge is 0.390 e. The number of rotatable bonds is 4. The van der Waals surface area contributed by atoms with Gasteiger partial charge in [-0.2, -0.15) is 5.06 Å². The Bertz CT molecular complexity index is 1270. The van der Waals surface area contributed by atoms with Gasteiger partial charge in [0.15, 0.2) is 17.1 Å². The number of nitrogens with zero attached hydrogens (tertiary/aromatic N) is 1. The fourth-order valence-electron chi connectivity index (χ4n) is 8.81. The van der Waals surface area contributed by atoms with E-state index >= 15 is 8.78 Å². The third kappa shape index (κ3) is 3.52. The van der Waals surface area contributed by atoms with Gasteiger partial charge in [-0.05, 0) is 62.3 Å². The summed E-state index contributed by atoms with van der Waals surface area (Å²) in [5.74, 6) is -2.16. The minimum Gasteiger partial charge on any atom is -0.390 e. The number of carbonyl (C=O) groups is 2. The van der Waals surface area contributed by atoms with E-state index in [0.29, 0.717) is 31.3 Å². The Labute approximate surface area is 230 Å². The molecule has 0 radical (unpaired) electrons. The lowest BCUT2D eigenvalue weighted by Gasteiger charge is -2.63. The van der Waals surface area contributed by atoms with E-state index in [9.17, 15) is 19.1 Å². The summed E-state index contributed by atoms with van der Waals surface area (Å²) >= 11 is 0.544. The maximum atomic E-state index is 17.5. The van der Waals surface area contributed by atoms with E-state index < -0.39 is 63.1 Å². The highest BCUT2D eigenvalue weighted by atomic mass is 32.2. The van der Waals surface area contributed by atoms with Crippen LogP contribution in [0.4, 0.5) is 13.2 Å². The summed E-state index contributed by atoms with van der Waals surface area (Å²) in [5.41, 5.74) is -4.08. The molecule has 4 aliphatic carbocycles. The summed E-state index contributed by atoms with van der Waals surface area (Å²) in [7, 11) is 0. The summed E-state index contributed by atoms with van der Waals surface area (Å²) in [5, 5.41) is 12.9. The van der Waals surface area contributed by atoms with Crippen LogP contribution in [0.5, 0.6) is 0 Å². The molecule has 1 N–H and O–H groups in total. The summed E-state index contributed by atoms with van der Waals surface area (Å²) in [4.78, 5) is 32.3. The van der Waals surface area contributed by atoms with Gasteiger partial charge < -0.3 is 5.11 Å². The molecule has 3 saturated carbocycles. The fourth-order valence-corrected chi connectivity index (χ4v) is 9.56. The zero-order valence-corrected chi connectivity index (χ0v) is 23.1. The minimum absolute atomic E-state index is 0.0638. The average molecular weight is 562 g/mol. The van der Waals surface area contributed by atoms with Crippen molar-refractivity contribution in [3.63, 3.8) is 0 Å². The summed E-state index contributed by atoms with van der Waals surface area (Å²) < 4.78 is 46.8. The highest BCUT2D eigenvalue weighted by Crippen LogP contribution is 2.73. The van der Waals surface area contributed by atoms with Gasteiger partial charge in [0.05, 0.1) is 6.10 Å². The molecule has 1 aromatic rings. The number of halogens is 3. The summed E-state index contributed by atoms with van der Waals surface area (Å²) in [6, 6.07) is 7.04. The van der Waals surface area contributed by atoms with Crippen LogP contribution in [0.1, 0.15) is 44.2 Å².